The lowest BCUT2D eigenvalue weighted by atomic mass is 9.82. The number of carbonyl (C=O) groups is 3. The van der Waals surface area contributed by atoms with Crippen LogP contribution < -0.4 is 0 Å². The molecule has 0 spiro atoms. The Labute approximate surface area is 130 Å². The summed E-state index contributed by atoms with van der Waals surface area (Å²) in [4.78, 5) is 40.0. The molecule has 3 atom stereocenters. The first-order chi connectivity index (χ1) is 10.1. The lowest BCUT2D eigenvalue weighted by Gasteiger charge is -2.49. The van der Waals surface area contributed by atoms with Crippen molar-refractivity contribution in [1.82, 2.24) is 9.80 Å². The minimum atomic E-state index is -0.837. The van der Waals surface area contributed by atoms with Crippen molar-refractivity contribution in [3.05, 3.63) is 0 Å². The van der Waals surface area contributed by atoms with Crippen molar-refractivity contribution in [2.24, 2.45) is 5.92 Å². The summed E-state index contributed by atoms with van der Waals surface area (Å²) < 4.78 is 10.1. The lowest BCUT2D eigenvalue weighted by Crippen LogP contribution is -2.67. The van der Waals surface area contributed by atoms with Gasteiger partial charge in [-0.1, -0.05) is 0 Å². The third kappa shape index (κ3) is 3.24. The summed E-state index contributed by atoms with van der Waals surface area (Å²) in [6, 6.07) is -0.445. The average molecular weight is 312 g/mol. The minimum absolute atomic E-state index is 0.0836. The number of likely N-dealkylation sites (N-methyl/N-ethyl adjacent to an activating group) is 1. The highest BCUT2D eigenvalue weighted by Gasteiger charge is 2.50. The highest BCUT2D eigenvalue weighted by atomic mass is 16.6. The number of esters is 1. The van der Waals surface area contributed by atoms with Gasteiger partial charge in [0.05, 0.1) is 7.11 Å². The zero-order valence-corrected chi connectivity index (χ0v) is 13.8. The summed E-state index contributed by atoms with van der Waals surface area (Å²) >= 11 is 0. The minimum Gasteiger partial charge on any atom is -0.468 e. The number of likely N-dealkylation sites (tertiary alicyclic amines) is 1. The van der Waals surface area contributed by atoms with E-state index in [4.69, 9.17) is 9.47 Å². The van der Waals surface area contributed by atoms with E-state index in [1.807, 2.05) is 32.7 Å². The molecule has 0 unspecified atom stereocenters. The molecule has 0 aromatic heterocycles. The highest BCUT2D eigenvalue weighted by Crippen LogP contribution is 2.31. The molecule has 7 nitrogen and oxygen atoms in total. The molecule has 22 heavy (non-hydrogen) atoms. The summed E-state index contributed by atoms with van der Waals surface area (Å²) in [5, 5.41) is 0. The van der Waals surface area contributed by atoms with Crippen LogP contribution in [-0.2, 0) is 19.1 Å². The van der Waals surface area contributed by atoms with Gasteiger partial charge in [0.1, 0.15) is 17.3 Å². The van der Waals surface area contributed by atoms with E-state index >= 15 is 0 Å². The number of rotatable bonds is 1. The van der Waals surface area contributed by atoms with Crippen LogP contribution in [0.2, 0.25) is 0 Å². The fraction of sp³-hybridized carbons (Fsp3) is 0.800. The number of hydrogen-bond donors (Lipinski definition) is 0. The van der Waals surface area contributed by atoms with Gasteiger partial charge in [-0.3, -0.25) is 14.5 Å². The molecule has 0 aliphatic carbocycles. The zero-order chi connectivity index (χ0) is 16.7. The molecule has 2 aliphatic heterocycles. The molecule has 2 heterocycles. The number of hydrogen-bond acceptors (Lipinski definition) is 6. The van der Waals surface area contributed by atoms with Gasteiger partial charge in [0.2, 0.25) is 0 Å². The van der Waals surface area contributed by atoms with Gasteiger partial charge in [-0.25, -0.2) is 4.79 Å². The van der Waals surface area contributed by atoms with Crippen molar-refractivity contribution < 1.29 is 23.9 Å². The molecule has 1 amide bonds. The Morgan fingerprint density at radius 1 is 1.23 bits per heavy atom. The zero-order valence-electron chi connectivity index (χ0n) is 13.8. The van der Waals surface area contributed by atoms with E-state index < -0.39 is 23.6 Å². The number of piperidine rings is 1. The van der Waals surface area contributed by atoms with Crippen LogP contribution >= 0.6 is 0 Å². The quantitative estimate of drug-likeness (QED) is 0.523. The molecular weight excluding hydrogens is 288 g/mol. The Kier molecular flexibility index (Phi) is 4.47. The maximum absolute atomic E-state index is 12.3. The largest absolute Gasteiger partial charge is 0.468 e. The maximum atomic E-state index is 12.3. The van der Waals surface area contributed by atoms with Crippen LogP contribution in [0.4, 0.5) is 4.79 Å². The topological polar surface area (TPSA) is 76.2 Å². The Hall–Kier alpha value is -1.63. The predicted molar refractivity (Wildman–Crippen MR) is 78.3 cm³/mol. The molecule has 0 aromatic rings. The lowest BCUT2D eigenvalue weighted by molar-refractivity contribution is -0.159. The Balaban J connectivity index is 2.17. The van der Waals surface area contributed by atoms with Crippen LogP contribution in [0.1, 0.15) is 27.2 Å². The summed E-state index contributed by atoms with van der Waals surface area (Å²) in [7, 11) is 3.15. The van der Waals surface area contributed by atoms with Gasteiger partial charge < -0.3 is 14.4 Å². The van der Waals surface area contributed by atoms with E-state index in [-0.39, 0.29) is 30.8 Å². The molecule has 2 aliphatic rings. The highest BCUT2D eigenvalue weighted by molar-refractivity contribution is 6.01. The molecule has 2 bridgehead atoms. The van der Waals surface area contributed by atoms with E-state index in [9.17, 15) is 14.4 Å². The van der Waals surface area contributed by atoms with Crippen LogP contribution in [0.3, 0.4) is 0 Å². The van der Waals surface area contributed by atoms with E-state index in [1.54, 1.807) is 4.90 Å². The third-order valence-corrected chi connectivity index (χ3v) is 4.21. The van der Waals surface area contributed by atoms with Gasteiger partial charge >= 0.3 is 12.1 Å². The summed E-state index contributed by atoms with van der Waals surface area (Å²) in [5.41, 5.74) is -0.576. The third-order valence-electron chi connectivity index (χ3n) is 4.21. The molecule has 0 saturated carbocycles. The second kappa shape index (κ2) is 5.87. The average Bonchev–Trinajstić information content (AvgIpc) is 2.38. The number of methoxy groups -OCH3 is 1. The molecular formula is C15H24N2O5. The van der Waals surface area contributed by atoms with Crippen molar-refractivity contribution >= 4 is 17.8 Å². The monoisotopic (exact) mass is 312 g/mol. The second-order valence-corrected chi connectivity index (χ2v) is 6.94. The smallest absolute Gasteiger partial charge is 0.410 e. The van der Waals surface area contributed by atoms with Crippen molar-refractivity contribution in [3.8, 4) is 0 Å². The van der Waals surface area contributed by atoms with Crippen LogP contribution in [0, 0.1) is 5.92 Å². The van der Waals surface area contributed by atoms with Crippen molar-refractivity contribution in [2.45, 2.75) is 44.9 Å². The van der Waals surface area contributed by atoms with Crippen LogP contribution in [0.15, 0.2) is 0 Å². The van der Waals surface area contributed by atoms with Gasteiger partial charge in [0.25, 0.3) is 0 Å². The van der Waals surface area contributed by atoms with Gasteiger partial charge in [-0.2, -0.15) is 0 Å². The van der Waals surface area contributed by atoms with Gasteiger partial charge in [-0.05, 0) is 27.8 Å². The molecule has 0 radical (unpaired) electrons. The number of carbonyl (C=O) groups excluding carboxylic acids is 3. The first kappa shape index (κ1) is 16.7. The van der Waals surface area contributed by atoms with Crippen LogP contribution in [0.5, 0.6) is 0 Å². The van der Waals surface area contributed by atoms with Crippen molar-refractivity contribution in [1.29, 1.82) is 0 Å². The van der Waals surface area contributed by atoms with E-state index in [0.717, 1.165) is 0 Å². The normalized spacial score (nSPS) is 29.2. The second-order valence-electron chi connectivity index (χ2n) is 6.94. The number of ether oxygens (including phenoxy) is 2. The van der Waals surface area contributed by atoms with E-state index in [1.165, 1.54) is 7.11 Å². The van der Waals surface area contributed by atoms with Crippen LogP contribution in [-0.4, -0.2) is 72.6 Å². The van der Waals surface area contributed by atoms with E-state index in [2.05, 4.69) is 0 Å². The molecule has 2 saturated heterocycles. The van der Waals surface area contributed by atoms with Gasteiger partial charge in [0.15, 0.2) is 0 Å². The maximum Gasteiger partial charge on any atom is 0.410 e. The molecule has 7 heteroatoms. The van der Waals surface area contributed by atoms with Gasteiger partial charge in [-0.15, -0.1) is 0 Å². The molecule has 0 N–H and O–H groups in total. The first-order valence-electron chi connectivity index (χ1n) is 7.44. The first-order valence-corrected chi connectivity index (χ1v) is 7.44. The standard InChI is InChI=1S/C15H24N2O5/c1-15(2,3)22-14(20)17-7-9-6-11(18)12(13(19)21-5)10(8-17)16(9)4/h9-10,12H,6-8H2,1-5H3/t9-,10-,12-/m1/s1. The molecule has 0 aromatic carbocycles. The van der Waals surface area contributed by atoms with E-state index in [0.29, 0.717) is 6.54 Å². The molecule has 2 rings (SSSR count). The van der Waals surface area contributed by atoms with Crippen molar-refractivity contribution in [3.63, 3.8) is 0 Å². The predicted octanol–water partition coefficient (Wildman–Crippen LogP) is 0.668. The number of piperazine rings is 1. The number of ketones is 1. The van der Waals surface area contributed by atoms with Crippen molar-refractivity contribution in [2.75, 3.05) is 27.2 Å². The summed E-state index contributed by atoms with van der Waals surface area (Å²) in [6.07, 6.45) is -0.167. The summed E-state index contributed by atoms with van der Waals surface area (Å²) in [5.74, 6) is -1.48. The number of amides is 1. The fourth-order valence-electron chi connectivity index (χ4n) is 3.10. The number of nitrogens with zero attached hydrogens (tertiary/aromatic N) is 2. The fourth-order valence-corrected chi connectivity index (χ4v) is 3.10. The van der Waals surface area contributed by atoms with Crippen LogP contribution in [0.25, 0.3) is 0 Å². The number of Topliss-reactive ketones (excluding diaryl/α,β-unsaturated/α-hetero) is 1. The Bertz CT molecular complexity index is 485. The Morgan fingerprint density at radius 3 is 2.41 bits per heavy atom. The SMILES string of the molecule is COC(=O)[C@H]1C(=O)C[C@@H]2CN(C(=O)OC(C)(C)C)C[C@H]1N2C. The molecule has 2 fully saturated rings. The summed E-state index contributed by atoms with van der Waals surface area (Å²) in [6.45, 7) is 6.14. The number of fused-ring (bicyclic) bond motifs is 2. The van der Waals surface area contributed by atoms with Gasteiger partial charge in [0, 0.05) is 31.6 Å². The molecule has 124 valence electrons. The Morgan fingerprint density at radius 2 is 1.86 bits per heavy atom.